The van der Waals surface area contributed by atoms with Gasteiger partial charge in [0.15, 0.2) is 5.13 Å². The maximum Gasteiger partial charge on any atom is 0.225 e. The molecule has 2 atom stereocenters. The van der Waals surface area contributed by atoms with E-state index < -0.39 is 0 Å². The first kappa shape index (κ1) is 15.6. The SMILES string of the molecule is CC(=O)N(c1nc(CN[C@@H]2CCC[C@H](C3CC3)C2)cs1)C1CC1. The van der Waals surface area contributed by atoms with Crippen LogP contribution in [0.1, 0.15) is 64.0 Å². The summed E-state index contributed by atoms with van der Waals surface area (Å²) < 4.78 is 0. The molecular formula is C18H27N3OS. The number of rotatable bonds is 6. The highest BCUT2D eigenvalue weighted by Crippen LogP contribution is 2.44. The molecule has 5 heteroatoms. The molecule has 1 aromatic heterocycles. The van der Waals surface area contributed by atoms with Crippen molar-refractivity contribution in [3.05, 3.63) is 11.1 Å². The van der Waals surface area contributed by atoms with Gasteiger partial charge in [-0.3, -0.25) is 9.69 Å². The minimum absolute atomic E-state index is 0.126. The third kappa shape index (κ3) is 3.77. The highest BCUT2D eigenvalue weighted by Gasteiger charge is 2.35. The van der Waals surface area contributed by atoms with Crippen molar-refractivity contribution in [1.29, 1.82) is 0 Å². The van der Waals surface area contributed by atoms with Crippen molar-refractivity contribution in [2.75, 3.05) is 4.90 Å². The van der Waals surface area contributed by atoms with Crippen molar-refractivity contribution in [3.8, 4) is 0 Å². The fourth-order valence-electron chi connectivity index (χ4n) is 4.03. The number of anilines is 1. The summed E-state index contributed by atoms with van der Waals surface area (Å²) in [4.78, 5) is 18.4. The molecule has 3 fully saturated rings. The molecule has 23 heavy (non-hydrogen) atoms. The molecule has 0 spiro atoms. The van der Waals surface area contributed by atoms with Crippen molar-refractivity contribution in [2.45, 2.75) is 76.9 Å². The van der Waals surface area contributed by atoms with E-state index in [2.05, 4.69) is 10.7 Å². The average Bonchev–Trinajstić information content (AvgIpc) is 3.44. The topological polar surface area (TPSA) is 45.2 Å². The maximum absolute atomic E-state index is 11.8. The maximum atomic E-state index is 11.8. The van der Waals surface area contributed by atoms with Gasteiger partial charge in [-0.1, -0.05) is 12.8 Å². The van der Waals surface area contributed by atoms with Crippen LogP contribution in [0.2, 0.25) is 0 Å². The molecule has 0 radical (unpaired) electrons. The normalized spacial score (nSPS) is 27.9. The lowest BCUT2D eigenvalue weighted by Gasteiger charge is -2.29. The van der Waals surface area contributed by atoms with Gasteiger partial charge in [0, 0.05) is 30.9 Å². The summed E-state index contributed by atoms with van der Waals surface area (Å²) >= 11 is 1.61. The number of carbonyl (C=O) groups excluding carboxylic acids is 1. The molecule has 3 aliphatic rings. The molecule has 1 heterocycles. The van der Waals surface area contributed by atoms with E-state index in [1.165, 1.54) is 38.5 Å². The van der Waals surface area contributed by atoms with Crippen LogP contribution in [0, 0.1) is 11.8 Å². The first-order chi connectivity index (χ1) is 11.2. The Bertz CT molecular complexity index is 564. The summed E-state index contributed by atoms with van der Waals surface area (Å²) in [5.74, 6) is 2.13. The first-order valence-corrected chi connectivity index (χ1v) is 10.1. The Kier molecular flexibility index (Phi) is 4.41. The van der Waals surface area contributed by atoms with Crippen molar-refractivity contribution < 1.29 is 4.79 Å². The predicted molar refractivity (Wildman–Crippen MR) is 93.6 cm³/mol. The van der Waals surface area contributed by atoms with E-state index in [-0.39, 0.29) is 5.91 Å². The standard InChI is InChI=1S/C18H27N3OS/c1-12(22)21(17-7-8-17)18-20-16(11-23-18)10-19-15-4-2-3-14(9-15)13-5-6-13/h11,13-15,17,19H,2-10H2,1H3/t14-,15+/m0/s1. The molecule has 1 amide bonds. The zero-order valence-corrected chi connectivity index (χ0v) is 14.8. The fourth-order valence-corrected chi connectivity index (χ4v) is 4.97. The van der Waals surface area contributed by atoms with Gasteiger partial charge in [-0.15, -0.1) is 11.3 Å². The zero-order chi connectivity index (χ0) is 15.8. The van der Waals surface area contributed by atoms with E-state index in [1.807, 2.05) is 4.90 Å². The number of aromatic nitrogens is 1. The minimum atomic E-state index is 0.126. The average molecular weight is 334 g/mol. The third-order valence-corrected chi connectivity index (χ3v) is 6.46. The molecule has 4 nitrogen and oxygen atoms in total. The number of nitrogens with zero attached hydrogens (tertiary/aromatic N) is 2. The molecule has 3 aliphatic carbocycles. The van der Waals surface area contributed by atoms with Crippen LogP contribution in [-0.4, -0.2) is 23.0 Å². The smallest absolute Gasteiger partial charge is 0.225 e. The molecule has 0 aromatic carbocycles. The van der Waals surface area contributed by atoms with Crippen molar-refractivity contribution in [1.82, 2.24) is 10.3 Å². The second kappa shape index (κ2) is 6.52. The lowest BCUT2D eigenvalue weighted by atomic mass is 9.83. The van der Waals surface area contributed by atoms with E-state index in [9.17, 15) is 4.79 Å². The summed E-state index contributed by atoms with van der Waals surface area (Å²) in [5, 5.41) is 6.72. The second-order valence-electron chi connectivity index (χ2n) is 7.58. The molecule has 1 N–H and O–H groups in total. The largest absolute Gasteiger partial charge is 0.308 e. The van der Waals surface area contributed by atoms with E-state index in [4.69, 9.17) is 4.98 Å². The monoisotopic (exact) mass is 333 g/mol. The fraction of sp³-hybridized carbons (Fsp3) is 0.778. The van der Waals surface area contributed by atoms with Gasteiger partial charge in [0.1, 0.15) is 0 Å². The lowest BCUT2D eigenvalue weighted by Crippen LogP contribution is -2.34. The van der Waals surface area contributed by atoms with Crippen molar-refractivity contribution >= 4 is 22.4 Å². The summed E-state index contributed by atoms with van der Waals surface area (Å²) in [6, 6.07) is 1.06. The number of amides is 1. The molecule has 0 unspecified atom stereocenters. The first-order valence-electron chi connectivity index (χ1n) is 9.18. The van der Waals surface area contributed by atoms with Gasteiger partial charge >= 0.3 is 0 Å². The van der Waals surface area contributed by atoms with Gasteiger partial charge in [0.25, 0.3) is 0 Å². The van der Waals surface area contributed by atoms with Crippen LogP contribution >= 0.6 is 11.3 Å². The van der Waals surface area contributed by atoms with Crippen LogP contribution < -0.4 is 10.2 Å². The van der Waals surface area contributed by atoms with Gasteiger partial charge in [-0.05, 0) is 50.4 Å². The van der Waals surface area contributed by atoms with Crippen molar-refractivity contribution in [3.63, 3.8) is 0 Å². The van der Waals surface area contributed by atoms with E-state index >= 15 is 0 Å². The van der Waals surface area contributed by atoms with Crippen molar-refractivity contribution in [2.24, 2.45) is 11.8 Å². The van der Waals surface area contributed by atoms with Crippen LogP contribution in [0.5, 0.6) is 0 Å². The molecule has 126 valence electrons. The van der Waals surface area contributed by atoms with Gasteiger partial charge in [-0.2, -0.15) is 0 Å². The Morgan fingerprint density at radius 1 is 1.26 bits per heavy atom. The molecule has 3 saturated carbocycles. The number of nitrogens with one attached hydrogen (secondary N) is 1. The summed E-state index contributed by atoms with van der Waals surface area (Å²) in [5.41, 5.74) is 1.09. The van der Waals surface area contributed by atoms with Crippen LogP contribution in [0.15, 0.2) is 5.38 Å². The van der Waals surface area contributed by atoms with Gasteiger partial charge < -0.3 is 5.32 Å². The summed E-state index contributed by atoms with van der Waals surface area (Å²) in [6.07, 6.45) is 10.7. The summed E-state index contributed by atoms with van der Waals surface area (Å²) in [6.45, 7) is 2.49. The molecular weight excluding hydrogens is 306 g/mol. The quantitative estimate of drug-likeness (QED) is 0.863. The van der Waals surface area contributed by atoms with Gasteiger partial charge in [0.05, 0.1) is 5.69 Å². The predicted octanol–water partition coefficient (Wildman–Crippen LogP) is 3.72. The van der Waals surface area contributed by atoms with E-state index in [1.54, 1.807) is 18.3 Å². The zero-order valence-electron chi connectivity index (χ0n) is 14.0. The molecule has 1 aromatic rings. The van der Waals surface area contributed by atoms with Crippen LogP contribution in [0.3, 0.4) is 0 Å². The molecule has 0 aliphatic heterocycles. The third-order valence-electron chi connectivity index (χ3n) is 5.57. The van der Waals surface area contributed by atoms with Gasteiger partial charge in [0.2, 0.25) is 5.91 Å². The highest BCUT2D eigenvalue weighted by molar-refractivity contribution is 7.14. The number of carbonyl (C=O) groups is 1. The minimum Gasteiger partial charge on any atom is -0.308 e. The van der Waals surface area contributed by atoms with Gasteiger partial charge in [-0.25, -0.2) is 4.98 Å². The lowest BCUT2D eigenvalue weighted by molar-refractivity contribution is -0.116. The summed E-state index contributed by atoms with van der Waals surface area (Å²) in [7, 11) is 0. The van der Waals surface area contributed by atoms with Crippen LogP contribution in [0.25, 0.3) is 0 Å². The molecule has 0 bridgehead atoms. The Labute approximate surface area is 142 Å². The van der Waals surface area contributed by atoms with Crippen LogP contribution in [-0.2, 0) is 11.3 Å². The van der Waals surface area contributed by atoms with Crippen LogP contribution in [0.4, 0.5) is 5.13 Å². The van der Waals surface area contributed by atoms with E-state index in [0.717, 1.165) is 42.0 Å². The Morgan fingerprint density at radius 3 is 2.78 bits per heavy atom. The second-order valence-corrected chi connectivity index (χ2v) is 8.42. The van der Waals surface area contributed by atoms with E-state index in [0.29, 0.717) is 12.1 Å². The number of hydrogen-bond donors (Lipinski definition) is 1. The highest BCUT2D eigenvalue weighted by atomic mass is 32.1. The number of hydrogen-bond acceptors (Lipinski definition) is 4. The Hall–Kier alpha value is -0.940. The molecule has 0 saturated heterocycles. The Morgan fingerprint density at radius 2 is 2.09 bits per heavy atom. The number of thiazole rings is 1. The molecule has 4 rings (SSSR count). The Balaban J connectivity index is 1.31.